The summed E-state index contributed by atoms with van der Waals surface area (Å²) in [6.07, 6.45) is 1.74. The van der Waals surface area contributed by atoms with Crippen molar-refractivity contribution in [2.45, 2.75) is 24.6 Å². The van der Waals surface area contributed by atoms with Crippen LogP contribution < -0.4 is 14.8 Å². The molecule has 0 bridgehead atoms. The fourth-order valence-corrected chi connectivity index (χ4v) is 4.66. The first-order chi connectivity index (χ1) is 12.4. The van der Waals surface area contributed by atoms with Crippen LogP contribution in [0.15, 0.2) is 24.3 Å². The van der Waals surface area contributed by atoms with E-state index in [9.17, 15) is 13.2 Å². The zero-order chi connectivity index (χ0) is 18.5. The Labute approximate surface area is 151 Å². The van der Waals surface area contributed by atoms with Crippen LogP contribution in [0.1, 0.15) is 16.9 Å². The molecule has 2 aliphatic rings. The number of benzene rings is 1. The lowest BCUT2D eigenvalue weighted by atomic mass is 9.72. The van der Waals surface area contributed by atoms with Crippen molar-refractivity contribution in [3.63, 3.8) is 0 Å². The molecule has 1 aromatic heterocycles. The number of hydrogen-bond acceptors (Lipinski definition) is 5. The SMILES string of the molecule is COc1ccc2[nH]c(C(=O)N[C@H]3[C@H]4CCO[C@H]4[C@@H]3NS(C)(=O)=O)cc2c1. The number of carbonyl (C=O) groups excluding carboxylic acids is 1. The second-order valence-corrected chi connectivity index (χ2v) is 8.62. The Hall–Kier alpha value is -2.10. The highest BCUT2D eigenvalue weighted by Crippen LogP contribution is 2.39. The summed E-state index contributed by atoms with van der Waals surface area (Å²) in [6, 6.07) is 6.55. The van der Waals surface area contributed by atoms with Gasteiger partial charge in [0, 0.05) is 23.4 Å². The van der Waals surface area contributed by atoms with Crippen molar-refractivity contribution in [1.82, 2.24) is 15.0 Å². The van der Waals surface area contributed by atoms with Crippen LogP contribution in [-0.4, -0.2) is 57.5 Å². The topological polar surface area (TPSA) is 110 Å². The van der Waals surface area contributed by atoms with Crippen LogP contribution in [-0.2, 0) is 14.8 Å². The van der Waals surface area contributed by atoms with Gasteiger partial charge in [0.05, 0.1) is 31.6 Å². The Morgan fingerprint density at radius 2 is 2.12 bits per heavy atom. The fraction of sp³-hybridized carbons (Fsp3) is 0.471. The molecule has 26 heavy (non-hydrogen) atoms. The van der Waals surface area contributed by atoms with Crippen molar-refractivity contribution >= 4 is 26.8 Å². The summed E-state index contributed by atoms with van der Waals surface area (Å²) in [5.41, 5.74) is 1.26. The predicted octanol–water partition coefficient (Wildman–Crippen LogP) is 0.611. The predicted molar refractivity (Wildman–Crippen MR) is 95.7 cm³/mol. The molecule has 2 heterocycles. The lowest BCUT2D eigenvalue weighted by molar-refractivity contribution is -0.0194. The summed E-state index contributed by atoms with van der Waals surface area (Å²) in [4.78, 5) is 15.8. The number of aromatic amines is 1. The van der Waals surface area contributed by atoms with E-state index < -0.39 is 16.1 Å². The molecule has 1 saturated carbocycles. The number of hydrogen-bond donors (Lipinski definition) is 3. The van der Waals surface area contributed by atoms with Gasteiger partial charge in [-0.15, -0.1) is 0 Å². The van der Waals surface area contributed by atoms with E-state index in [4.69, 9.17) is 9.47 Å². The summed E-state index contributed by atoms with van der Waals surface area (Å²) < 4.78 is 36.6. The van der Waals surface area contributed by atoms with Crippen LogP contribution in [0.25, 0.3) is 10.9 Å². The number of nitrogens with one attached hydrogen (secondary N) is 3. The number of fused-ring (bicyclic) bond motifs is 2. The van der Waals surface area contributed by atoms with Gasteiger partial charge in [-0.1, -0.05) is 0 Å². The highest BCUT2D eigenvalue weighted by molar-refractivity contribution is 7.88. The molecule has 8 nitrogen and oxygen atoms in total. The molecule has 140 valence electrons. The molecule has 3 N–H and O–H groups in total. The minimum atomic E-state index is -3.39. The smallest absolute Gasteiger partial charge is 0.268 e. The third-order valence-corrected chi connectivity index (χ3v) is 5.81. The molecule has 2 fully saturated rings. The molecule has 0 spiro atoms. The van der Waals surface area contributed by atoms with Gasteiger partial charge in [-0.05, 0) is 30.7 Å². The number of sulfonamides is 1. The van der Waals surface area contributed by atoms with E-state index >= 15 is 0 Å². The van der Waals surface area contributed by atoms with Gasteiger partial charge in [-0.3, -0.25) is 4.79 Å². The van der Waals surface area contributed by atoms with E-state index in [1.807, 2.05) is 18.2 Å². The summed E-state index contributed by atoms with van der Waals surface area (Å²) in [5.74, 6) is 0.573. The molecule has 1 amide bonds. The van der Waals surface area contributed by atoms with Gasteiger partial charge in [0.15, 0.2) is 0 Å². The van der Waals surface area contributed by atoms with Crippen LogP contribution in [0.4, 0.5) is 0 Å². The Morgan fingerprint density at radius 3 is 2.85 bits per heavy atom. The van der Waals surface area contributed by atoms with Crippen LogP contribution in [0.2, 0.25) is 0 Å². The first-order valence-electron chi connectivity index (χ1n) is 8.42. The van der Waals surface area contributed by atoms with Crippen molar-refractivity contribution in [2.75, 3.05) is 20.0 Å². The Kier molecular flexibility index (Phi) is 4.17. The third-order valence-electron chi connectivity index (χ3n) is 5.11. The Balaban J connectivity index is 1.53. The fourth-order valence-electron chi connectivity index (χ4n) is 3.88. The van der Waals surface area contributed by atoms with Crippen LogP contribution >= 0.6 is 0 Å². The highest BCUT2D eigenvalue weighted by atomic mass is 32.2. The molecular weight excluding hydrogens is 358 g/mol. The molecule has 9 heteroatoms. The number of carbonyl (C=O) groups is 1. The highest BCUT2D eigenvalue weighted by Gasteiger charge is 2.55. The van der Waals surface area contributed by atoms with Gasteiger partial charge in [-0.25, -0.2) is 13.1 Å². The van der Waals surface area contributed by atoms with Gasteiger partial charge < -0.3 is 19.8 Å². The number of methoxy groups -OCH3 is 1. The Bertz CT molecular complexity index is 954. The molecule has 4 rings (SSSR count). The lowest BCUT2D eigenvalue weighted by Gasteiger charge is -2.47. The first kappa shape index (κ1) is 17.3. The zero-order valence-corrected chi connectivity index (χ0v) is 15.3. The van der Waals surface area contributed by atoms with E-state index in [0.29, 0.717) is 18.1 Å². The molecule has 1 aliphatic carbocycles. The van der Waals surface area contributed by atoms with Gasteiger partial charge in [-0.2, -0.15) is 0 Å². The van der Waals surface area contributed by atoms with Crippen LogP contribution in [0.5, 0.6) is 5.75 Å². The maximum atomic E-state index is 12.7. The Morgan fingerprint density at radius 1 is 1.31 bits per heavy atom. The van der Waals surface area contributed by atoms with E-state index in [2.05, 4.69) is 15.0 Å². The summed E-state index contributed by atoms with van der Waals surface area (Å²) >= 11 is 0. The van der Waals surface area contributed by atoms with Crippen molar-refractivity contribution < 1.29 is 22.7 Å². The number of ether oxygens (including phenoxy) is 2. The molecule has 0 radical (unpaired) electrons. The van der Waals surface area contributed by atoms with Crippen molar-refractivity contribution in [2.24, 2.45) is 5.92 Å². The molecule has 2 aromatic rings. The van der Waals surface area contributed by atoms with Crippen molar-refractivity contribution in [3.05, 3.63) is 30.0 Å². The number of amides is 1. The maximum absolute atomic E-state index is 12.7. The molecule has 1 aliphatic heterocycles. The van der Waals surface area contributed by atoms with Gasteiger partial charge >= 0.3 is 0 Å². The van der Waals surface area contributed by atoms with Gasteiger partial charge in [0.25, 0.3) is 5.91 Å². The normalized spacial score (nSPS) is 27.8. The van der Waals surface area contributed by atoms with Crippen molar-refractivity contribution in [1.29, 1.82) is 0 Å². The summed E-state index contributed by atoms with van der Waals surface area (Å²) in [5, 5.41) is 3.83. The van der Waals surface area contributed by atoms with E-state index in [0.717, 1.165) is 23.6 Å². The monoisotopic (exact) mass is 379 g/mol. The zero-order valence-electron chi connectivity index (χ0n) is 14.5. The van der Waals surface area contributed by atoms with Crippen LogP contribution in [0.3, 0.4) is 0 Å². The number of aromatic nitrogens is 1. The second kappa shape index (κ2) is 6.26. The maximum Gasteiger partial charge on any atom is 0.268 e. The molecule has 4 atom stereocenters. The standard InChI is InChI=1S/C17H21N3O5S/c1-24-10-3-4-12-9(7-10)8-13(18-12)17(21)19-14-11-5-6-25-16(11)15(14)20-26(2,22)23/h3-4,7-8,11,14-16,18,20H,5-6H2,1-2H3,(H,19,21)/t11-,14+,15-,16-/m1/s1. The number of H-pyrrole nitrogens is 1. The van der Waals surface area contributed by atoms with Gasteiger partial charge in [0.1, 0.15) is 11.4 Å². The van der Waals surface area contributed by atoms with Crippen LogP contribution in [0, 0.1) is 5.92 Å². The molecular formula is C17H21N3O5S. The summed E-state index contributed by atoms with van der Waals surface area (Å²) in [7, 11) is -1.80. The molecule has 1 saturated heterocycles. The summed E-state index contributed by atoms with van der Waals surface area (Å²) in [6.45, 7) is 0.579. The van der Waals surface area contributed by atoms with E-state index in [-0.39, 0.29) is 24.0 Å². The number of rotatable bonds is 5. The minimum absolute atomic E-state index is 0.127. The second-order valence-electron chi connectivity index (χ2n) is 6.84. The third kappa shape index (κ3) is 3.06. The lowest BCUT2D eigenvalue weighted by Crippen LogP contribution is -2.70. The largest absolute Gasteiger partial charge is 0.497 e. The quantitative estimate of drug-likeness (QED) is 0.705. The molecule has 0 unspecified atom stereocenters. The van der Waals surface area contributed by atoms with Crippen molar-refractivity contribution in [3.8, 4) is 5.75 Å². The van der Waals surface area contributed by atoms with E-state index in [1.54, 1.807) is 13.2 Å². The van der Waals surface area contributed by atoms with E-state index in [1.165, 1.54) is 0 Å². The first-order valence-corrected chi connectivity index (χ1v) is 10.3. The van der Waals surface area contributed by atoms with Gasteiger partial charge in [0.2, 0.25) is 10.0 Å². The molecule has 1 aromatic carbocycles. The average molecular weight is 379 g/mol. The minimum Gasteiger partial charge on any atom is -0.497 e. The average Bonchev–Trinajstić information content (AvgIpc) is 3.20.